The number of fused-ring (bicyclic) bond motifs is 6. The molecule has 60 heavy (non-hydrogen) atoms. The SMILES string of the molecule is C=Cc1c(/C=C\C)n2c3cc(-c4ccc5c(c4)c4ccccc4n5-c4cccc(-c5nc(-c6ccccc6)nc(-c6ccccc6)n5)c4)ccc3nc2n1-c1ccccc1. The minimum atomic E-state index is 0.619. The maximum absolute atomic E-state index is 5.16. The minimum absolute atomic E-state index is 0.619. The molecule has 4 aromatic heterocycles. The van der Waals surface area contributed by atoms with Gasteiger partial charge >= 0.3 is 0 Å². The van der Waals surface area contributed by atoms with Crippen LogP contribution >= 0.6 is 0 Å². The summed E-state index contributed by atoms with van der Waals surface area (Å²) in [4.78, 5) is 20.1. The van der Waals surface area contributed by atoms with E-state index >= 15 is 0 Å². The van der Waals surface area contributed by atoms with E-state index in [1.54, 1.807) is 0 Å². The predicted octanol–water partition coefficient (Wildman–Crippen LogP) is 12.9. The maximum atomic E-state index is 5.16. The second kappa shape index (κ2) is 14.3. The van der Waals surface area contributed by atoms with Crippen LogP contribution in [0.1, 0.15) is 18.3 Å². The number of imidazole rings is 2. The van der Waals surface area contributed by atoms with Crippen molar-refractivity contribution in [1.29, 1.82) is 0 Å². The summed E-state index contributed by atoms with van der Waals surface area (Å²) in [6, 6.07) is 61.0. The molecule has 7 aromatic carbocycles. The molecule has 0 atom stereocenters. The fourth-order valence-electron chi connectivity index (χ4n) is 8.46. The summed E-state index contributed by atoms with van der Waals surface area (Å²) >= 11 is 0. The van der Waals surface area contributed by atoms with E-state index < -0.39 is 0 Å². The monoisotopic (exact) mass is 771 g/mol. The Kier molecular flexibility index (Phi) is 8.37. The molecule has 11 rings (SSSR count). The Morgan fingerprint density at radius 1 is 0.433 bits per heavy atom. The molecule has 0 amide bonds. The van der Waals surface area contributed by atoms with Crippen LogP contribution < -0.4 is 0 Å². The van der Waals surface area contributed by atoms with E-state index in [4.69, 9.17) is 19.9 Å². The first kappa shape index (κ1) is 35.0. The first-order valence-corrected chi connectivity index (χ1v) is 20.1. The summed E-state index contributed by atoms with van der Waals surface area (Å²) in [5.74, 6) is 2.74. The summed E-state index contributed by atoms with van der Waals surface area (Å²) in [7, 11) is 0. The Morgan fingerprint density at radius 2 is 1.02 bits per heavy atom. The zero-order chi connectivity index (χ0) is 40.2. The topological polar surface area (TPSA) is 65.8 Å². The van der Waals surface area contributed by atoms with Gasteiger partial charge in [0.15, 0.2) is 17.5 Å². The van der Waals surface area contributed by atoms with Gasteiger partial charge in [-0.25, -0.2) is 19.9 Å². The van der Waals surface area contributed by atoms with Gasteiger partial charge in [0.25, 0.3) is 0 Å². The molecule has 0 N–H and O–H groups in total. The lowest BCUT2D eigenvalue weighted by molar-refractivity contribution is 1.07. The highest BCUT2D eigenvalue weighted by Crippen LogP contribution is 2.37. The van der Waals surface area contributed by atoms with Crippen molar-refractivity contribution in [2.75, 3.05) is 0 Å². The summed E-state index contributed by atoms with van der Waals surface area (Å²) in [6.45, 7) is 6.24. The summed E-state index contributed by atoms with van der Waals surface area (Å²) in [5.41, 5.74) is 13.3. The predicted molar refractivity (Wildman–Crippen MR) is 246 cm³/mol. The molecule has 0 saturated carbocycles. The summed E-state index contributed by atoms with van der Waals surface area (Å²) in [6.07, 6.45) is 6.12. The van der Waals surface area contributed by atoms with Crippen LogP contribution in [0.25, 0.3) is 107 Å². The third-order valence-corrected chi connectivity index (χ3v) is 11.2. The molecule has 284 valence electrons. The molecule has 0 unspecified atom stereocenters. The van der Waals surface area contributed by atoms with Crippen LogP contribution in [0.5, 0.6) is 0 Å². The molecule has 0 fully saturated rings. The van der Waals surface area contributed by atoms with Crippen LogP contribution in [0.15, 0.2) is 189 Å². The Bertz CT molecular complexity index is 3390. The highest BCUT2D eigenvalue weighted by Gasteiger charge is 2.21. The Morgan fingerprint density at radius 3 is 1.72 bits per heavy atom. The van der Waals surface area contributed by atoms with E-state index in [0.29, 0.717) is 17.5 Å². The maximum Gasteiger partial charge on any atom is 0.220 e. The van der Waals surface area contributed by atoms with Crippen molar-refractivity contribution in [2.45, 2.75) is 6.92 Å². The van der Waals surface area contributed by atoms with Gasteiger partial charge in [-0.3, -0.25) is 8.97 Å². The van der Waals surface area contributed by atoms with E-state index in [1.165, 1.54) is 10.8 Å². The van der Waals surface area contributed by atoms with Crippen LogP contribution in [0.4, 0.5) is 0 Å². The molecule has 0 aliphatic heterocycles. The van der Waals surface area contributed by atoms with E-state index in [2.05, 4.69) is 141 Å². The molecule has 7 nitrogen and oxygen atoms in total. The van der Waals surface area contributed by atoms with Crippen LogP contribution in [-0.2, 0) is 0 Å². The number of nitrogens with zero attached hydrogens (tertiary/aromatic N) is 7. The van der Waals surface area contributed by atoms with Gasteiger partial charge in [-0.05, 0) is 84.8 Å². The van der Waals surface area contributed by atoms with Crippen molar-refractivity contribution in [3.8, 4) is 56.7 Å². The van der Waals surface area contributed by atoms with Crippen molar-refractivity contribution >= 4 is 50.8 Å². The lowest BCUT2D eigenvalue weighted by atomic mass is 10.0. The number of rotatable bonds is 8. The third-order valence-electron chi connectivity index (χ3n) is 11.2. The first-order valence-electron chi connectivity index (χ1n) is 20.1. The first-order chi connectivity index (χ1) is 29.7. The highest BCUT2D eigenvalue weighted by molar-refractivity contribution is 6.10. The number of benzene rings is 7. The normalized spacial score (nSPS) is 11.8. The lowest BCUT2D eigenvalue weighted by Crippen LogP contribution is -2.01. The zero-order valence-electron chi connectivity index (χ0n) is 32.8. The molecule has 0 radical (unpaired) electrons. The standard InChI is InChI=1S/C53H37N7/c1-3-17-48-45(4-2)59(40-23-12-7-13-24-40)53-54-44-30-28-38(34-49(44)60(48)53)37-29-31-47-43(33-37)42-26-14-15-27-46(42)58(47)41-25-16-22-39(32-41)52-56-50(35-18-8-5-9-19-35)55-51(57-52)36-20-10-6-11-21-36/h3-34H,2H2,1H3/b17-3-. The Labute approximate surface area is 346 Å². The third kappa shape index (κ3) is 5.75. The summed E-state index contributed by atoms with van der Waals surface area (Å²) < 4.78 is 6.77. The van der Waals surface area contributed by atoms with Gasteiger partial charge in [0.2, 0.25) is 5.78 Å². The number of allylic oxidation sites excluding steroid dienone is 1. The van der Waals surface area contributed by atoms with Crippen LogP contribution in [0.2, 0.25) is 0 Å². The van der Waals surface area contributed by atoms with Gasteiger partial charge < -0.3 is 4.57 Å². The van der Waals surface area contributed by atoms with Gasteiger partial charge in [0, 0.05) is 38.8 Å². The fraction of sp³-hybridized carbons (Fsp3) is 0.0189. The van der Waals surface area contributed by atoms with Crippen molar-refractivity contribution in [3.63, 3.8) is 0 Å². The van der Waals surface area contributed by atoms with Crippen LogP contribution in [0.3, 0.4) is 0 Å². The Hall–Kier alpha value is -8.16. The molecule has 0 aliphatic carbocycles. The Balaban J connectivity index is 1.05. The molecule has 0 bridgehead atoms. The molecule has 0 spiro atoms. The van der Waals surface area contributed by atoms with Crippen molar-refractivity contribution in [2.24, 2.45) is 0 Å². The van der Waals surface area contributed by atoms with Crippen molar-refractivity contribution in [1.82, 2.24) is 33.5 Å². The van der Waals surface area contributed by atoms with Gasteiger partial charge in [-0.15, -0.1) is 0 Å². The number of para-hydroxylation sites is 2. The van der Waals surface area contributed by atoms with Gasteiger partial charge in [0.1, 0.15) is 0 Å². The largest absolute Gasteiger partial charge is 0.309 e. The molecular formula is C53H37N7. The van der Waals surface area contributed by atoms with Gasteiger partial charge in [-0.2, -0.15) is 0 Å². The summed E-state index contributed by atoms with van der Waals surface area (Å²) in [5, 5.41) is 2.35. The second-order valence-electron chi connectivity index (χ2n) is 14.8. The van der Waals surface area contributed by atoms with Crippen LogP contribution in [0, 0.1) is 0 Å². The average molecular weight is 772 g/mol. The smallest absolute Gasteiger partial charge is 0.220 e. The van der Waals surface area contributed by atoms with Crippen LogP contribution in [-0.4, -0.2) is 33.5 Å². The number of hydrogen-bond donors (Lipinski definition) is 0. The van der Waals surface area contributed by atoms with E-state index in [1.807, 2.05) is 79.7 Å². The number of hydrogen-bond acceptors (Lipinski definition) is 4. The van der Waals surface area contributed by atoms with Gasteiger partial charge in [0.05, 0.1) is 33.5 Å². The van der Waals surface area contributed by atoms with Crippen molar-refractivity contribution in [3.05, 3.63) is 200 Å². The zero-order valence-corrected chi connectivity index (χ0v) is 32.8. The average Bonchev–Trinajstić information content (AvgIpc) is 3.96. The number of aromatic nitrogens is 7. The second-order valence-corrected chi connectivity index (χ2v) is 14.8. The highest BCUT2D eigenvalue weighted by atomic mass is 15.2. The van der Waals surface area contributed by atoms with E-state index in [0.717, 1.165) is 78.4 Å². The molecule has 4 heterocycles. The fourth-order valence-corrected chi connectivity index (χ4v) is 8.46. The minimum Gasteiger partial charge on any atom is -0.309 e. The molecular weight excluding hydrogens is 735 g/mol. The van der Waals surface area contributed by atoms with E-state index in [-0.39, 0.29) is 0 Å². The van der Waals surface area contributed by atoms with E-state index in [9.17, 15) is 0 Å². The molecule has 0 saturated heterocycles. The molecule has 7 heteroatoms. The molecule has 11 aromatic rings. The lowest BCUT2D eigenvalue weighted by Gasteiger charge is -2.12. The van der Waals surface area contributed by atoms with Gasteiger partial charge in [-0.1, -0.05) is 134 Å². The quantitative estimate of drug-likeness (QED) is 0.154. The molecule has 0 aliphatic rings. The van der Waals surface area contributed by atoms with Crippen molar-refractivity contribution < 1.29 is 0 Å².